The first-order chi connectivity index (χ1) is 6.70. The van der Waals surface area contributed by atoms with Gasteiger partial charge >= 0.3 is 0 Å². The number of hydrogen-bond donors (Lipinski definition) is 2. The van der Waals surface area contributed by atoms with E-state index in [1.807, 2.05) is 0 Å². The van der Waals surface area contributed by atoms with Crippen LogP contribution in [0.15, 0.2) is 18.6 Å². The van der Waals surface area contributed by atoms with Crippen LogP contribution in [-0.2, 0) is 0 Å². The molecule has 0 saturated heterocycles. The van der Waals surface area contributed by atoms with E-state index >= 15 is 0 Å². The van der Waals surface area contributed by atoms with E-state index in [4.69, 9.17) is 5.73 Å². The molecule has 0 amide bonds. The van der Waals surface area contributed by atoms with Gasteiger partial charge in [0.25, 0.3) is 0 Å². The zero-order valence-corrected chi connectivity index (χ0v) is 7.70. The van der Waals surface area contributed by atoms with Crippen molar-refractivity contribution in [2.75, 3.05) is 0 Å². The van der Waals surface area contributed by atoms with Crippen molar-refractivity contribution in [3.8, 4) is 0 Å². The molecule has 3 N–H and O–H groups in total. The summed E-state index contributed by atoms with van der Waals surface area (Å²) in [6.07, 6.45) is 2.36. The zero-order valence-electron chi connectivity index (χ0n) is 7.70. The molecule has 14 heavy (non-hydrogen) atoms. The SMILES string of the molecule is CC(O)C(N)c1nccc2ncnn12. The van der Waals surface area contributed by atoms with Crippen LogP contribution in [0.2, 0.25) is 0 Å². The molecular weight excluding hydrogens is 182 g/mol. The predicted octanol–water partition coefficient (Wildman–Crippen LogP) is -0.495. The lowest BCUT2D eigenvalue weighted by Crippen LogP contribution is -2.26. The van der Waals surface area contributed by atoms with Crippen molar-refractivity contribution in [2.45, 2.75) is 19.1 Å². The summed E-state index contributed by atoms with van der Waals surface area (Å²) < 4.78 is 1.53. The molecule has 0 aliphatic rings. The summed E-state index contributed by atoms with van der Waals surface area (Å²) in [4.78, 5) is 8.07. The Hall–Kier alpha value is -1.53. The molecule has 0 aromatic carbocycles. The minimum atomic E-state index is -0.669. The van der Waals surface area contributed by atoms with E-state index in [0.29, 0.717) is 11.5 Å². The van der Waals surface area contributed by atoms with Crippen molar-refractivity contribution in [3.63, 3.8) is 0 Å². The van der Waals surface area contributed by atoms with Crippen molar-refractivity contribution < 1.29 is 5.11 Å². The normalized spacial score (nSPS) is 15.6. The number of rotatable bonds is 2. The van der Waals surface area contributed by atoms with Gasteiger partial charge in [0.1, 0.15) is 6.33 Å². The van der Waals surface area contributed by atoms with Crippen LogP contribution >= 0.6 is 0 Å². The zero-order chi connectivity index (χ0) is 10.1. The number of aliphatic hydroxyl groups is 1. The summed E-state index contributed by atoms with van der Waals surface area (Å²) in [7, 11) is 0. The van der Waals surface area contributed by atoms with E-state index in [1.165, 1.54) is 10.8 Å². The maximum atomic E-state index is 9.34. The number of fused-ring (bicyclic) bond motifs is 1. The van der Waals surface area contributed by atoms with Crippen LogP contribution in [0.5, 0.6) is 0 Å². The second-order valence-electron chi connectivity index (χ2n) is 3.10. The van der Waals surface area contributed by atoms with E-state index in [1.54, 1.807) is 19.2 Å². The maximum Gasteiger partial charge on any atom is 0.159 e. The highest BCUT2D eigenvalue weighted by Crippen LogP contribution is 2.11. The smallest absolute Gasteiger partial charge is 0.159 e. The van der Waals surface area contributed by atoms with Gasteiger partial charge in [-0.25, -0.2) is 9.97 Å². The minimum absolute atomic E-state index is 0.509. The van der Waals surface area contributed by atoms with Crippen LogP contribution in [0.25, 0.3) is 5.65 Å². The number of hydrogen-bond acceptors (Lipinski definition) is 5. The van der Waals surface area contributed by atoms with Crippen molar-refractivity contribution in [2.24, 2.45) is 5.73 Å². The van der Waals surface area contributed by atoms with Gasteiger partial charge in [-0.1, -0.05) is 0 Å². The lowest BCUT2D eigenvalue weighted by molar-refractivity contribution is 0.159. The molecule has 0 bridgehead atoms. The highest BCUT2D eigenvalue weighted by molar-refractivity contribution is 5.35. The lowest BCUT2D eigenvalue weighted by atomic mass is 10.2. The number of nitrogens with zero attached hydrogens (tertiary/aromatic N) is 4. The summed E-state index contributed by atoms with van der Waals surface area (Å²) in [6.45, 7) is 1.61. The topological polar surface area (TPSA) is 89.3 Å². The molecule has 2 unspecified atom stereocenters. The molecule has 6 nitrogen and oxygen atoms in total. The Labute approximate surface area is 80.4 Å². The van der Waals surface area contributed by atoms with E-state index in [0.717, 1.165) is 0 Å². The molecule has 2 atom stereocenters. The van der Waals surface area contributed by atoms with Crippen LogP contribution in [0, 0.1) is 0 Å². The molecule has 2 aromatic heterocycles. The first-order valence-electron chi connectivity index (χ1n) is 4.28. The highest BCUT2D eigenvalue weighted by Gasteiger charge is 2.17. The van der Waals surface area contributed by atoms with E-state index < -0.39 is 12.1 Å². The standard InChI is InChI=1S/C8H11N5O/c1-5(14)7(9)8-10-3-2-6-11-4-12-13(6)8/h2-5,7,14H,9H2,1H3. The molecule has 2 aromatic rings. The first-order valence-corrected chi connectivity index (χ1v) is 4.28. The Morgan fingerprint density at radius 1 is 1.50 bits per heavy atom. The monoisotopic (exact) mass is 193 g/mol. The number of aliphatic hydroxyl groups excluding tert-OH is 1. The van der Waals surface area contributed by atoms with Crippen molar-refractivity contribution >= 4 is 5.65 Å². The molecule has 2 heterocycles. The predicted molar refractivity (Wildman–Crippen MR) is 49.4 cm³/mol. The fraction of sp³-hybridized carbons (Fsp3) is 0.375. The van der Waals surface area contributed by atoms with Crippen molar-refractivity contribution in [1.29, 1.82) is 0 Å². The maximum absolute atomic E-state index is 9.34. The van der Waals surface area contributed by atoms with E-state index in [9.17, 15) is 5.11 Å². The van der Waals surface area contributed by atoms with Gasteiger partial charge in [0.05, 0.1) is 12.1 Å². The van der Waals surface area contributed by atoms with Gasteiger partial charge in [0.2, 0.25) is 0 Å². The van der Waals surface area contributed by atoms with Gasteiger partial charge in [-0.3, -0.25) is 0 Å². The van der Waals surface area contributed by atoms with E-state index in [2.05, 4.69) is 15.1 Å². The summed E-state index contributed by atoms with van der Waals surface area (Å²) in [5.74, 6) is 0.509. The third-order valence-electron chi connectivity index (χ3n) is 2.04. The summed E-state index contributed by atoms with van der Waals surface area (Å²) in [5.41, 5.74) is 6.43. The molecule has 0 aliphatic carbocycles. The average Bonchev–Trinajstić information content (AvgIpc) is 2.63. The largest absolute Gasteiger partial charge is 0.391 e. The molecule has 0 aliphatic heterocycles. The summed E-state index contributed by atoms with van der Waals surface area (Å²) in [6, 6.07) is 1.17. The molecule has 74 valence electrons. The molecule has 2 rings (SSSR count). The Kier molecular flexibility index (Phi) is 2.14. The molecule has 0 spiro atoms. The molecule has 0 saturated carbocycles. The Morgan fingerprint density at radius 3 is 3.00 bits per heavy atom. The third-order valence-corrected chi connectivity index (χ3v) is 2.04. The van der Waals surface area contributed by atoms with Crippen molar-refractivity contribution in [3.05, 3.63) is 24.4 Å². The second-order valence-corrected chi connectivity index (χ2v) is 3.10. The highest BCUT2D eigenvalue weighted by atomic mass is 16.3. The Morgan fingerprint density at radius 2 is 2.29 bits per heavy atom. The van der Waals surface area contributed by atoms with Gasteiger partial charge < -0.3 is 10.8 Å². The van der Waals surface area contributed by atoms with Crippen LogP contribution in [-0.4, -0.2) is 30.8 Å². The molecule has 0 radical (unpaired) electrons. The van der Waals surface area contributed by atoms with Gasteiger partial charge in [0.15, 0.2) is 11.5 Å². The van der Waals surface area contributed by atoms with Crippen LogP contribution in [0.1, 0.15) is 18.8 Å². The van der Waals surface area contributed by atoms with Gasteiger partial charge in [0, 0.05) is 12.3 Å². The lowest BCUT2D eigenvalue weighted by Gasteiger charge is -2.14. The van der Waals surface area contributed by atoms with Crippen LogP contribution < -0.4 is 5.73 Å². The number of aromatic nitrogens is 4. The second kappa shape index (κ2) is 3.32. The molecule has 6 heteroatoms. The van der Waals surface area contributed by atoms with Crippen LogP contribution in [0.3, 0.4) is 0 Å². The fourth-order valence-electron chi connectivity index (χ4n) is 1.22. The van der Waals surface area contributed by atoms with Gasteiger partial charge in [-0.15, -0.1) is 0 Å². The van der Waals surface area contributed by atoms with Crippen LogP contribution in [0.4, 0.5) is 0 Å². The Bertz CT molecular complexity index is 438. The molecule has 0 fully saturated rings. The summed E-state index contributed by atoms with van der Waals surface area (Å²) in [5, 5.41) is 13.3. The Balaban J connectivity index is 2.56. The molecular formula is C8H11N5O. The fourth-order valence-corrected chi connectivity index (χ4v) is 1.22. The van der Waals surface area contributed by atoms with Gasteiger partial charge in [-0.05, 0) is 6.92 Å². The third kappa shape index (κ3) is 1.34. The average molecular weight is 193 g/mol. The summed E-state index contributed by atoms with van der Waals surface area (Å²) >= 11 is 0. The minimum Gasteiger partial charge on any atom is -0.391 e. The quantitative estimate of drug-likeness (QED) is 0.671. The number of nitrogens with two attached hydrogens (primary N) is 1. The van der Waals surface area contributed by atoms with Crippen molar-refractivity contribution in [1.82, 2.24) is 19.6 Å². The van der Waals surface area contributed by atoms with Gasteiger partial charge in [-0.2, -0.15) is 9.61 Å². The van der Waals surface area contributed by atoms with E-state index in [-0.39, 0.29) is 0 Å². The first kappa shape index (κ1) is 9.04.